The number of hydrogen-bond acceptors (Lipinski definition) is 4. The van der Waals surface area contributed by atoms with E-state index in [0.29, 0.717) is 17.9 Å². The van der Waals surface area contributed by atoms with Gasteiger partial charge in [0.05, 0.1) is 12.0 Å². The van der Waals surface area contributed by atoms with Crippen LogP contribution in [0, 0.1) is 0 Å². The van der Waals surface area contributed by atoms with Gasteiger partial charge in [0.1, 0.15) is 5.58 Å². The number of para-hydroxylation sites is 1. The number of rotatable bonds is 5. The molecular formula is C12H15BO4. The fourth-order valence-corrected chi connectivity index (χ4v) is 1.68. The minimum absolute atomic E-state index is 0.0716. The highest BCUT2D eigenvalue weighted by atomic mass is 16.5. The monoisotopic (exact) mass is 234 g/mol. The van der Waals surface area contributed by atoms with E-state index in [2.05, 4.69) is 6.92 Å². The third-order valence-corrected chi connectivity index (χ3v) is 2.55. The van der Waals surface area contributed by atoms with Crippen LogP contribution in [-0.2, 0) is 0 Å². The van der Waals surface area contributed by atoms with Gasteiger partial charge in [-0.3, -0.25) is 0 Å². The molecule has 0 aliphatic heterocycles. The number of benzene rings is 1. The second kappa shape index (κ2) is 5.25. The Kier molecular flexibility index (Phi) is 3.71. The second-order valence-corrected chi connectivity index (χ2v) is 3.87. The molecule has 0 spiro atoms. The molecule has 0 fully saturated rings. The summed E-state index contributed by atoms with van der Waals surface area (Å²) in [5.41, 5.74) is 0.671. The maximum atomic E-state index is 9.24. The van der Waals surface area contributed by atoms with Crippen LogP contribution in [0.15, 0.2) is 28.7 Å². The quantitative estimate of drug-likeness (QED) is 0.604. The molecule has 17 heavy (non-hydrogen) atoms. The number of ether oxygens (including phenoxy) is 1. The zero-order chi connectivity index (χ0) is 12.3. The summed E-state index contributed by atoms with van der Waals surface area (Å²) < 4.78 is 10.9. The molecule has 0 saturated carbocycles. The van der Waals surface area contributed by atoms with E-state index in [9.17, 15) is 10.0 Å². The Balaban J connectivity index is 2.37. The highest BCUT2D eigenvalue weighted by molar-refractivity contribution is 6.58. The molecule has 0 radical (unpaired) electrons. The van der Waals surface area contributed by atoms with E-state index in [-0.39, 0.29) is 5.66 Å². The smallest absolute Gasteiger partial charge is 0.490 e. The van der Waals surface area contributed by atoms with E-state index in [1.807, 2.05) is 18.2 Å². The zero-order valence-corrected chi connectivity index (χ0v) is 9.72. The molecule has 2 N–H and O–H groups in total. The van der Waals surface area contributed by atoms with Gasteiger partial charge >= 0.3 is 7.12 Å². The molecule has 1 aromatic heterocycles. The molecule has 0 aliphatic rings. The van der Waals surface area contributed by atoms with E-state index in [0.717, 1.165) is 18.2 Å². The molecular weight excluding hydrogens is 219 g/mol. The summed E-state index contributed by atoms with van der Waals surface area (Å²) in [6, 6.07) is 7.30. The van der Waals surface area contributed by atoms with E-state index in [4.69, 9.17) is 9.15 Å². The van der Waals surface area contributed by atoms with E-state index in [1.165, 1.54) is 0 Å². The average Bonchev–Trinajstić information content (AvgIpc) is 2.69. The maximum Gasteiger partial charge on any atom is 0.530 e. The standard InChI is InChI=1S/C12H15BO4/c1-2-3-8-16-11-9-6-4-5-7-10(9)17-12(11)13(14)15/h4-7,14-15H,2-3,8H2,1H3. The van der Waals surface area contributed by atoms with Gasteiger partial charge in [0, 0.05) is 0 Å². The minimum atomic E-state index is -1.65. The molecule has 0 bridgehead atoms. The first-order valence-corrected chi connectivity index (χ1v) is 5.74. The molecule has 5 heteroatoms. The van der Waals surface area contributed by atoms with E-state index in [1.54, 1.807) is 6.07 Å². The lowest BCUT2D eigenvalue weighted by Crippen LogP contribution is -2.30. The minimum Gasteiger partial charge on any atom is -0.490 e. The third-order valence-electron chi connectivity index (χ3n) is 2.55. The highest BCUT2D eigenvalue weighted by Crippen LogP contribution is 2.26. The Hall–Kier alpha value is -1.46. The van der Waals surface area contributed by atoms with Crippen LogP contribution in [0.4, 0.5) is 0 Å². The van der Waals surface area contributed by atoms with Crippen molar-refractivity contribution in [3.05, 3.63) is 24.3 Å². The van der Waals surface area contributed by atoms with Crippen molar-refractivity contribution in [2.24, 2.45) is 0 Å². The summed E-state index contributed by atoms with van der Waals surface area (Å²) in [5.74, 6) is 0.434. The number of furan rings is 1. The summed E-state index contributed by atoms with van der Waals surface area (Å²) in [5, 5.41) is 19.3. The average molecular weight is 234 g/mol. The first-order chi connectivity index (χ1) is 8.24. The van der Waals surface area contributed by atoms with Crippen LogP contribution in [0.1, 0.15) is 19.8 Å². The Morgan fingerprint density at radius 1 is 1.29 bits per heavy atom. The lowest BCUT2D eigenvalue weighted by Gasteiger charge is -2.05. The molecule has 2 aromatic rings. The highest BCUT2D eigenvalue weighted by Gasteiger charge is 2.25. The maximum absolute atomic E-state index is 9.24. The lowest BCUT2D eigenvalue weighted by molar-refractivity contribution is 0.309. The van der Waals surface area contributed by atoms with Crippen molar-refractivity contribution in [2.45, 2.75) is 19.8 Å². The largest absolute Gasteiger partial charge is 0.530 e. The molecule has 90 valence electrons. The second-order valence-electron chi connectivity index (χ2n) is 3.87. The van der Waals surface area contributed by atoms with Crippen molar-refractivity contribution in [1.29, 1.82) is 0 Å². The Labute approximate surface area is 100.0 Å². The van der Waals surface area contributed by atoms with Crippen LogP contribution in [0.25, 0.3) is 11.0 Å². The Morgan fingerprint density at radius 2 is 2.06 bits per heavy atom. The van der Waals surface area contributed by atoms with Gasteiger partial charge in [-0.1, -0.05) is 25.5 Å². The first-order valence-electron chi connectivity index (χ1n) is 5.74. The summed E-state index contributed by atoms with van der Waals surface area (Å²) in [7, 11) is -1.65. The SMILES string of the molecule is CCCCOc1c(B(O)O)oc2ccccc12. The number of hydrogen-bond donors (Lipinski definition) is 2. The predicted octanol–water partition coefficient (Wildman–Crippen LogP) is 1.29. The van der Waals surface area contributed by atoms with Gasteiger partial charge in [-0.15, -0.1) is 0 Å². The normalized spacial score (nSPS) is 10.8. The molecule has 0 aliphatic carbocycles. The van der Waals surface area contributed by atoms with Crippen molar-refractivity contribution >= 4 is 23.7 Å². The Morgan fingerprint density at radius 3 is 2.76 bits per heavy atom. The van der Waals surface area contributed by atoms with Gasteiger partial charge in [-0.05, 0) is 18.6 Å². The summed E-state index contributed by atoms with van der Waals surface area (Å²) in [6.07, 6.45) is 1.94. The molecule has 0 unspecified atom stereocenters. The Bertz CT molecular complexity index is 492. The van der Waals surface area contributed by atoms with Crippen molar-refractivity contribution in [3.8, 4) is 5.75 Å². The molecule has 0 amide bonds. The van der Waals surface area contributed by atoms with Crippen LogP contribution in [0.2, 0.25) is 0 Å². The lowest BCUT2D eigenvalue weighted by atomic mass is 9.87. The van der Waals surface area contributed by atoms with Gasteiger partial charge in [0.15, 0.2) is 11.4 Å². The summed E-state index contributed by atoms with van der Waals surface area (Å²) in [4.78, 5) is 0. The first kappa shape index (κ1) is 12.0. The molecule has 1 heterocycles. The van der Waals surface area contributed by atoms with Gasteiger partial charge < -0.3 is 19.2 Å². The molecule has 0 saturated heterocycles. The molecule has 1 aromatic carbocycles. The van der Waals surface area contributed by atoms with E-state index < -0.39 is 7.12 Å². The molecule has 4 nitrogen and oxygen atoms in total. The zero-order valence-electron chi connectivity index (χ0n) is 9.72. The van der Waals surface area contributed by atoms with Crippen LogP contribution in [0.5, 0.6) is 5.75 Å². The van der Waals surface area contributed by atoms with Crippen molar-refractivity contribution in [3.63, 3.8) is 0 Å². The number of fused-ring (bicyclic) bond motifs is 1. The topological polar surface area (TPSA) is 62.8 Å². The van der Waals surface area contributed by atoms with Crippen molar-refractivity contribution < 1.29 is 19.2 Å². The summed E-state index contributed by atoms with van der Waals surface area (Å²) >= 11 is 0. The number of unbranched alkanes of at least 4 members (excludes halogenated alkanes) is 1. The molecule has 2 rings (SSSR count). The van der Waals surface area contributed by atoms with Gasteiger partial charge in [-0.25, -0.2) is 0 Å². The van der Waals surface area contributed by atoms with Gasteiger partial charge in [0.25, 0.3) is 0 Å². The summed E-state index contributed by atoms with van der Waals surface area (Å²) in [6.45, 7) is 2.61. The predicted molar refractivity (Wildman–Crippen MR) is 66.4 cm³/mol. The van der Waals surface area contributed by atoms with E-state index >= 15 is 0 Å². The fraction of sp³-hybridized carbons (Fsp3) is 0.333. The van der Waals surface area contributed by atoms with Crippen LogP contribution < -0.4 is 10.4 Å². The van der Waals surface area contributed by atoms with Crippen molar-refractivity contribution in [1.82, 2.24) is 0 Å². The van der Waals surface area contributed by atoms with Crippen LogP contribution >= 0.6 is 0 Å². The van der Waals surface area contributed by atoms with Crippen LogP contribution in [0.3, 0.4) is 0 Å². The van der Waals surface area contributed by atoms with Crippen LogP contribution in [-0.4, -0.2) is 23.8 Å². The molecule has 0 atom stereocenters. The van der Waals surface area contributed by atoms with Crippen molar-refractivity contribution in [2.75, 3.05) is 6.61 Å². The third kappa shape index (κ3) is 2.45. The van der Waals surface area contributed by atoms with Gasteiger partial charge in [0.2, 0.25) is 0 Å². The fourth-order valence-electron chi connectivity index (χ4n) is 1.68. The van der Waals surface area contributed by atoms with Gasteiger partial charge in [-0.2, -0.15) is 0 Å².